The Hall–Kier alpha value is -3.08. The van der Waals surface area contributed by atoms with E-state index in [4.69, 9.17) is 21.4 Å². The molecule has 0 aliphatic carbocycles. The maximum absolute atomic E-state index is 11.6. The van der Waals surface area contributed by atoms with Gasteiger partial charge in [-0.1, -0.05) is 29.8 Å². The van der Waals surface area contributed by atoms with Gasteiger partial charge in [-0.25, -0.2) is 13.4 Å². The lowest BCUT2D eigenvalue weighted by molar-refractivity contribution is 0.201. The minimum absolute atomic E-state index is 0.0807. The molecule has 0 spiro atoms. The molecule has 0 unspecified atom stereocenters. The number of aliphatic hydroxyl groups is 1. The standard InChI is InChI=1S/C19H20ClN5O4S/c1-30(27,28)25-17-8-3-2-7-16(17)23-18-15(20)12-21-19(24-18)22-13-5-4-6-14(11-13)29-10-9-26/h2-8,11-12,25-26H,9-10H2,1H3,(H2,21,22,23,24). The second-order valence-corrected chi connectivity index (χ2v) is 8.32. The van der Waals surface area contributed by atoms with Gasteiger partial charge in [0.1, 0.15) is 17.4 Å². The van der Waals surface area contributed by atoms with Gasteiger partial charge in [0.25, 0.3) is 0 Å². The van der Waals surface area contributed by atoms with Crippen molar-refractivity contribution in [2.45, 2.75) is 0 Å². The number of rotatable bonds is 9. The van der Waals surface area contributed by atoms with E-state index in [9.17, 15) is 8.42 Å². The fourth-order valence-electron chi connectivity index (χ4n) is 2.48. The van der Waals surface area contributed by atoms with Gasteiger partial charge < -0.3 is 20.5 Å². The highest BCUT2D eigenvalue weighted by Gasteiger charge is 2.11. The first kappa shape index (κ1) is 21.6. The van der Waals surface area contributed by atoms with E-state index < -0.39 is 10.0 Å². The molecule has 0 atom stereocenters. The Balaban J connectivity index is 1.82. The average molecular weight is 450 g/mol. The molecule has 0 saturated heterocycles. The molecule has 1 heterocycles. The molecule has 2 aromatic carbocycles. The maximum Gasteiger partial charge on any atom is 0.229 e. The number of aliphatic hydroxyl groups excluding tert-OH is 1. The van der Waals surface area contributed by atoms with Gasteiger partial charge in [-0.05, 0) is 24.3 Å². The van der Waals surface area contributed by atoms with Crippen LogP contribution < -0.4 is 20.1 Å². The smallest absolute Gasteiger partial charge is 0.229 e. The van der Waals surface area contributed by atoms with Gasteiger partial charge in [0, 0.05) is 11.8 Å². The molecule has 0 aliphatic heterocycles. The minimum atomic E-state index is -3.46. The van der Waals surface area contributed by atoms with Crippen molar-refractivity contribution in [1.29, 1.82) is 0 Å². The zero-order chi connectivity index (χ0) is 21.6. The van der Waals surface area contributed by atoms with E-state index in [1.54, 1.807) is 42.5 Å². The summed E-state index contributed by atoms with van der Waals surface area (Å²) >= 11 is 6.22. The van der Waals surface area contributed by atoms with E-state index in [0.717, 1.165) is 6.26 Å². The zero-order valence-electron chi connectivity index (χ0n) is 16.0. The van der Waals surface area contributed by atoms with Crippen molar-refractivity contribution >= 4 is 50.5 Å². The zero-order valence-corrected chi connectivity index (χ0v) is 17.5. The van der Waals surface area contributed by atoms with E-state index in [2.05, 4.69) is 25.3 Å². The first-order valence-corrected chi connectivity index (χ1v) is 11.1. The Morgan fingerprint density at radius 1 is 1.10 bits per heavy atom. The highest BCUT2D eigenvalue weighted by Crippen LogP contribution is 2.30. The normalized spacial score (nSPS) is 11.0. The molecule has 1 aromatic heterocycles. The molecule has 9 nitrogen and oxygen atoms in total. The van der Waals surface area contributed by atoms with E-state index in [1.807, 2.05) is 6.07 Å². The Morgan fingerprint density at radius 3 is 2.60 bits per heavy atom. The molecule has 158 valence electrons. The fourth-order valence-corrected chi connectivity index (χ4v) is 3.20. The molecule has 3 rings (SSSR count). The SMILES string of the molecule is CS(=O)(=O)Nc1ccccc1Nc1nc(Nc2cccc(OCCO)c2)ncc1Cl. The molecule has 4 N–H and O–H groups in total. The quantitative estimate of drug-likeness (QED) is 0.392. The second kappa shape index (κ2) is 9.61. The van der Waals surface area contributed by atoms with Crippen LogP contribution in [0.5, 0.6) is 5.75 Å². The monoisotopic (exact) mass is 449 g/mol. The summed E-state index contributed by atoms with van der Waals surface area (Å²) in [5, 5.41) is 15.2. The molecular formula is C19H20ClN5O4S. The van der Waals surface area contributed by atoms with Crippen LogP contribution in [0.4, 0.5) is 28.8 Å². The van der Waals surface area contributed by atoms with Crippen molar-refractivity contribution in [2.75, 3.05) is 34.8 Å². The van der Waals surface area contributed by atoms with Crippen molar-refractivity contribution in [3.8, 4) is 5.75 Å². The van der Waals surface area contributed by atoms with Crippen LogP contribution in [0.25, 0.3) is 0 Å². The number of benzene rings is 2. The summed E-state index contributed by atoms with van der Waals surface area (Å²) in [4.78, 5) is 8.53. The summed E-state index contributed by atoms with van der Waals surface area (Å²) in [6.07, 6.45) is 2.50. The van der Waals surface area contributed by atoms with Gasteiger partial charge in [-0.2, -0.15) is 4.98 Å². The van der Waals surface area contributed by atoms with Crippen LogP contribution in [0.1, 0.15) is 0 Å². The van der Waals surface area contributed by atoms with Crippen LogP contribution >= 0.6 is 11.6 Å². The Morgan fingerprint density at radius 2 is 1.87 bits per heavy atom. The number of nitrogens with zero attached hydrogens (tertiary/aromatic N) is 2. The van der Waals surface area contributed by atoms with Crippen molar-refractivity contribution in [2.24, 2.45) is 0 Å². The summed E-state index contributed by atoms with van der Waals surface area (Å²) in [5.41, 5.74) is 1.52. The van der Waals surface area contributed by atoms with Gasteiger partial charge in [-0.15, -0.1) is 0 Å². The van der Waals surface area contributed by atoms with Crippen molar-refractivity contribution in [1.82, 2.24) is 9.97 Å². The van der Waals surface area contributed by atoms with Gasteiger partial charge in [-0.3, -0.25) is 4.72 Å². The molecule has 3 aromatic rings. The number of para-hydroxylation sites is 2. The molecule has 0 fully saturated rings. The average Bonchev–Trinajstić information content (AvgIpc) is 2.69. The number of hydrogen-bond donors (Lipinski definition) is 4. The van der Waals surface area contributed by atoms with E-state index >= 15 is 0 Å². The van der Waals surface area contributed by atoms with Crippen LogP contribution in [0.15, 0.2) is 54.7 Å². The second-order valence-electron chi connectivity index (χ2n) is 6.16. The summed E-state index contributed by atoms with van der Waals surface area (Å²) in [5.74, 6) is 1.15. The van der Waals surface area contributed by atoms with Gasteiger partial charge in [0.15, 0.2) is 5.82 Å². The third-order valence-electron chi connectivity index (χ3n) is 3.67. The maximum atomic E-state index is 11.6. The van der Waals surface area contributed by atoms with E-state index in [1.165, 1.54) is 6.20 Å². The first-order chi connectivity index (χ1) is 14.3. The summed E-state index contributed by atoms with van der Waals surface area (Å²) in [6, 6.07) is 13.9. The summed E-state index contributed by atoms with van der Waals surface area (Å²) in [7, 11) is -3.46. The molecular weight excluding hydrogens is 430 g/mol. The number of halogens is 1. The highest BCUT2D eigenvalue weighted by atomic mass is 35.5. The van der Waals surface area contributed by atoms with E-state index in [0.29, 0.717) is 28.6 Å². The van der Waals surface area contributed by atoms with Crippen LogP contribution in [0, 0.1) is 0 Å². The molecule has 11 heteroatoms. The number of hydrogen-bond acceptors (Lipinski definition) is 8. The summed E-state index contributed by atoms with van der Waals surface area (Å²) in [6.45, 7) is 0.110. The molecule has 0 aliphatic rings. The Labute approximate surface area is 179 Å². The van der Waals surface area contributed by atoms with Crippen molar-refractivity contribution < 1.29 is 18.3 Å². The highest BCUT2D eigenvalue weighted by molar-refractivity contribution is 7.92. The lowest BCUT2D eigenvalue weighted by Gasteiger charge is -2.14. The minimum Gasteiger partial charge on any atom is -0.491 e. The lowest BCUT2D eigenvalue weighted by Crippen LogP contribution is -2.11. The third kappa shape index (κ3) is 6.21. The van der Waals surface area contributed by atoms with Gasteiger partial charge in [0.2, 0.25) is 16.0 Å². The predicted octanol–water partition coefficient (Wildman–Crippen LogP) is 3.36. The predicted molar refractivity (Wildman–Crippen MR) is 118 cm³/mol. The third-order valence-corrected chi connectivity index (χ3v) is 4.54. The van der Waals surface area contributed by atoms with Crippen LogP contribution in [0.3, 0.4) is 0 Å². The largest absolute Gasteiger partial charge is 0.491 e. The van der Waals surface area contributed by atoms with Crippen molar-refractivity contribution in [3.05, 3.63) is 59.8 Å². The lowest BCUT2D eigenvalue weighted by atomic mass is 10.2. The topological polar surface area (TPSA) is 125 Å². The molecule has 0 amide bonds. The molecule has 0 radical (unpaired) electrons. The Bertz CT molecular complexity index is 1130. The van der Waals surface area contributed by atoms with Crippen LogP contribution in [0.2, 0.25) is 5.02 Å². The molecule has 0 saturated carbocycles. The number of anilines is 5. The number of sulfonamides is 1. The van der Waals surface area contributed by atoms with Crippen molar-refractivity contribution in [3.63, 3.8) is 0 Å². The Kier molecular flexibility index (Phi) is 6.93. The number of ether oxygens (including phenoxy) is 1. The van der Waals surface area contributed by atoms with Crippen LogP contribution in [-0.4, -0.2) is 43.0 Å². The number of nitrogens with one attached hydrogen (secondary N) is 3. The molecule has 0 bridgehead atoms. The molecule has 30 heavy (non-hydrogen) atoms. The van der Waals surface area contributed by atoms with Gasteiger partial charge >= 0.3 is 0 Å². The summed E-state index contributed by atoms with van der Waals surface area (Å²) < 4.78 is 31.0. The number of aromatic nitrogens is 2. The first-order valence-electron chi connectivity index (χ1n) is 8.81. The van der Waals surface area contributed by atoms with Crippen LogP contribution in [-0.2, 0) is 10.0 Å². The van der Waals surface area contributed by atoms with E-state index in [-0.39, 0.29) is 24.2 Å². The van der Waals surface area contributed by atoms with Gasteiger partial charge in [0.05, 0.1) is 30.4 Å². The fraction of sp³-hybridized carbons (Fsp3) is 0.158.